The first kappa shape index (κ1) is 13.9. The zero-order valence-corrected chi connectivity index (χ0v) is 12.3. The molecule has 0 saturated carbocycles. The molecule has 0 fully saturated rings. The van der Waals surface area contributed by atoms with E-state index in [1.54, 1.807) is 15.4 Å². The van der Waals surface area contributed by atoms with Gasteiger partial charge in [-0.05, 0) is 25.1 Å². The number of para-hydroxylation sites is 1. The van der Waals surface area contributed by atoms with Crippen LogP contribution < -0.4 is 0 Å². The van der Waals surface area contributed by atoms with E-state index in [4.69, 9.17) is 11.6 Å². The van der Waals surface area contributed by atoms with E-state index < -0.39 is 6.10 Å². The van der Waals surface area contributed by atoms with Gasteiger partial charge in [0.05, 0.1) is 28.3 Å². The highest BCUT2D eigenvalue weighted by molar-refractivity contribution is 6.31. The number of benzene rings is 1. The topological polar surface area (TPSA) is 55.9 Å². The average molecular weight is 303 g/mol. The lowest BCUT2D eigenvalue weighted by Gasteiger charge is -2.11. The number of aromatic nitrogens is 4. The number of aliphatic hydroxyl groups is 1. The predicted molar refractivity (Wildman–Crippen MR) is 80.5 cm³/mol. The monoisotopic (exact) mass is 302 g/mol. The quantitative estimate of drug-likeness (QED) is 0.806. The van der Waals surface area contributed by atoms with Crippen LogP contribution in [-0.2, 0) is 6.54 Å². The molecule has 0 amide bonds. The number of hydrogen-bond donors (Lipinski definition) is 1. The fraction of sp³-hybridized carbons (Fsp3) is 0.200. The van der Waals surface area contributed by atoms with Crippen LogP contribution in [0.3, 0.4) is 0 Å². The van der Waals surface area contributed by atoms with Crippen molar-refractivity contribution in [1.29, 1.82) is 0 Å². The standard InChI is InChI=1S/C15H15ClN4O/c1-2-19-14(12(16)10-17-19)15(21)13-8-9-20(18-13)11-6-4-3-5-7-11/h3-10,15,21H,2H2,1H3. The van der Waals surface area contributed by atoms with Gasteiger partial charge in [-0.1, -0.05) is 29.8 Å². The molecule has 3 aromatic rings. The number of nitrogens with zero attached hydrogens (tertiary/aromatic N) is 4. The molecule has 5 nitrogen and oxygen atoms in total. The Morgan fingerprint density at radius 3 is 2.71 bits per heavy atom. The van der Waals surface area contributed by atoms with Crippen molar-refractivity contribution in [2.75, 3.05) is 0 Å². The summed E-state index contributed by atoms with van der Waals surface area (Å²) < 4.78 is 3.40. The molecule has 0 saturated heterocycles. The highest BCUT2D eigenvalue weighted by Crippen LogP contribution is 2.27. The summed E-state index contributed by atoms with van der Waals surface area (Å²) in [5, 5.41) is 19.5. The summed E-state index contributed by atoms with van der Waals surface area (Å²) in [6.45, 7) is 2.58. The molecule has 0 aliphatic carbocycles. The molecule has 21 heavy (non-hydrogen) atoms. The van der Waals surface area contributed by atoms with Crippen LogP contribution >= 0.6 is 11.6 Å². The van der Waals surface area contributed by atoms with E-state index in [9.17, 15) is 5.11 Å². The van der Waals surface area contributed by atoms with E-state index in [0.717, 1.165) is 5.69 Å². The molecule has 6 heteroatoms. The van der Waals surface area contributed by atoms with Crippen LogP contribution in [0.15, 0.2) is 48.8 Å². The third kappa shape index (κ3) is 2.57. The second-order valence-electron chi connectivity index (χ2n) is 4.62. The molecule has 1 unspecified atom stereocenters. The van der Waals surface area contributed by atoms with Crippen LogP contribution in [-0.4, -0.2) is 24.7 Å². The first-order valence-corrected chi connectivity index (χ1v) is 7.08. The van der Waals surface area contributed by atoms with Crippen molar-refractivity contribution in [1.82, 2.24) is 19.6 Å². The minimum absolute atomic E-state index is 0.443. The molecule has 0 aliphatic heterocycles. The maximum absolute atomic E-state index is 10.5. The second-order valence-corrected chi connectivity index (χ2v) is 5.02. The average Bonchev–Trinajstić information content (AvgIpc) is 3.14. The molecular weight excluding hydrogens is 288 g/mol. The normalized spacial score (nSPS) is 12.5. The summed E-state index contributed by atoms with van der Waals surface area (Å²) in [6, 6.07) is 11.5. The fourth-order valence-electron chi connectivity index (χ4n) is 2.24. The molecule has 2 heterocycles. The summed E-state index contributed by atoms with van der Waals surface area (Å²) in [4.78, 5) is 0. The largest absolute Gasteiger partial charge is 0.380 e. The SMILES string of the molecule is CCn1ncc(Cl)c1C(O)c1ccn(-c2ccccc2)n1. The number of halogens is 1. The molecule has 3 rings (SSSR count). The molecule has 108 valence electrons. The van der Waals surface area contributed by atoms with Gasteiger partial charge in [0.1, 0.15) is 6.10 Å². The van der Waals surface area contributed by atoms with Crippen LogP contribution in [0.4, 0.5) is 0 Å². The van der Waals surface area contributed by atoms with Gasteiger partial charge in [0.2, 0.25) is 0 Å². The number of rotatable bonds is 4. The van der Waals surface area contributed by atoms with Crippen molar-refractivity contribution in [3.8, 4) is 5.69 Å². The van der Waals surface area contributed by atoms with Crippen molar-refractivity contribution in [3.63, 3.8) is 0 Å². The van der Waals surface area contributed by atoms with Crippen molar-refractivity contribution >= 4 is 11.6 Å². The predicted octanol–water partition coefficient (Wildman–Crippen LogP) is 2.82. The molecule has 1 N–H and O–H groups in total. The van der Waals surface area contributed by atoms with Crippen molar-refractivity contribution in [2.45, 2.75) is 19.6 Å². The highest BCUT2D eigenvalue weighted by atomic mass is 35.5. The minimum Gasteiger partial charge on any atom is -0.380 e. The molecule has 2 aromatic heterocycles. The van der Waals surface area contributed by atoms with Gasteiger partial charge in [-0.25, -0.2) is 4.68 Å². The lowest BCUT2D eigenvalue weighted by Crippen LogP contribution is -2.10. The third-order valence-corrected chi connectivity index (χ3v) is 3.59. The Morgan fingerprint density at radius 2 is 2.00 bits per heavy atom. The van der Waals surface area contributed by atoms with Gasteiger partial charge in [-0.3, -0.25) is 4.68 Å². The van der Waals surface area contributed by atoms with E-state index in [-0.39, 0.29) is 0 Å². The van der Waals surface area contributed by atoms with E-state index in [1.807, 2.05) is 43.5 Å². The molecular formula is C15H15ClN4O. The smallest absolute Gasteiger partial charge is 0.141 e. The third-order valence-electron chi connectivity index (χ3n) is 3.30. The summed E-state index contributed by atoms with van der Waals surface area (Å²) in [6.07, 6.45) is 2.46. The zero-order valence-electron chi connectivity index (χ0n) is 11.5. The van der Waals surface area contributed by atoms with Gasteiger partial charge in [0.15, 0.2) is 0 Å². The van der Waals surface area contributed by atoms with Gasteiger partial charge in [0.25, 0.3) is 0 Å². The lowest BCUT2D eigenvalue weighted by atomic mass is 10.2. The Bertz CT molecular complexity index is 735. The van der Waals surface area contributed by atoms with Crippen molar-refractivity contribution in [2.24, 2.45) is 0 Å². The highest BCUT2D eigenvalue weighted by Gasteiger charge is 2.21. The van der Waals surface area contributed by atoms with Crippen LogP contribution in [0.2, 0.25) is 5.02 Å². The number of aryl methyl sites for hydroxylation is 1. The lowest BCUT2D eigenvalue weighted by molar-refractivity contribution is 0.202. The summed E-state index contributed by atoms with van der Waals surface area (Å²) in [7, 11) is 0. The minimum atomic E-state index is -0.898. The van der Waals surface area contributed by atoms with Gasteiger partial charge in [-0.2, -0.15) is 10.2 Å². The summed E-state index contributed by atoms with van der Waals surface area (Å²) >= 11 is 6.11. The van der Waals surface area contributed by atoms with Crippen LogP contribution in [0.5, 0.6) is 0 Å². The maximum Gasteiger partial charge on any atom is 0.141 e. The van der Waals surface area contributed by atoms with Crippen molar-refractivity contribution < 1.29 is 5.11 Å². The van der Waals surface area contributed by atoms with Crippen molar-refractivity contribution in [3.05, 3.63) is 65.2 Å². The van der Waals surface area contributed by atoms with E-state index in [0.29, 0.717) is 23.0 Å². The Kier molecular flexibility index (Phi) is 3.77. The van der Waals surface area contributed by atoms with Crippen LogP contribution in [0, 0.1) is 0 Å². The maximum atomic E-state index is 10.5. The van der Waals surface area contributed by atoms with E-state index in [1.165, 1.54) is 6.20 Å². The van der Waals surface area contributed by atoms with Crippen LogP contribution in [0.1, 0.15) is 24.4 Å². The first-order chi connectivity index (χ1) is 10.2. The van der Waals surface area contributed by atoms with Gasteiger partial charge < -0.3 is 5.11 Å². The second kappa shape index (κ2) is 5.71. The molecule has 0 radical (unpaired) electrons. The Hall–Kier alpha value is -2.11. The van der Waals surface area contributed by atoms with Gasteiger partial charge in [-0.15, -0.1) is 0 Å². The van der Waals surface area contributed by atoms with E-state index >= 15 is 0 Å². The van der Waals surface area contributed by atoms with Gasteiger partial charge in [0, 0.05) is 12.7 Å². The first-order valence-electron chi connectivity index (χ1n) is 6.71. The Balaban J connectivity index is 1.94. The van der Waals surface area contributed by atoms with Gasteiger partial charge >= 0.3 is 0 Å². The summed E-state index contributed by atoms with van der Waals surface area (Å²) in [5.41, 5.74) is 2.04. The van der Waals surface area contributed by atoms with Crippen LogP contribution in [0.25, 0.3) is 5.69 Å². The zero-order chi connectivity index (χ0) is 14.8. The fourth-order valence-corrected chi connectivity index (χ4v) is 2.49. The molecule has 0 aliphatic rings. The molecule has 0 bridgehead atoms. The number of aliphatic hydroxyl groups excluding tert-OH is 1. The molecule has 0 spiro atoms. The number of hydrogen-bond acceptors (Lipinski definition) is 3. The summed E-state index contributed by atoms with van der Waals surface area (Å²) in [5.74, 6) is 0. The van der Waals surface area contributed by atoms with E-state index in [2.05, 4.69) is 10.2 Å². The molecule has 1 aromatic carbocycles. The Labute approximate surface area is 127 Å². The molecule has 1 atom stereocenters. The Morgan fingerprint density at radius 1 is 1.24 bits per heavy atom.